The van der Waals surface area contributed by atoms with Crippen molar-refractivity contribution in [2.75, 3.05) is 30.1 Å². The number of aliphatic hydroxyl groups excluding tert-OH is 1. The van der Waals surface area contributed by atoms with Crippen LogP contribution in [0.1, 0.15) is 37.9 Å². The number of nitrogens with zero attached hydrogens (tertiary/aromatic N) is 5. The Bertz CT molecular complexity index is 2080. The van der Waals surface area contributed by atoms with Crippen LogP contribution < -0.4 is 20.1 Å². The molecular formula is C37H37N7O4S. The van der Waals surface area contributed by atoms with Crippen LogP contribution in [0.3, 0.4) is 0 Å². The number of carbonyl (C=O) groups excluding carboxylic acids is 1. The van der Waals surface area contributed by atoms with Crippen molar-refractivity contribution in [3.63, 3.8) is 0 Å². The average Bonchev–Trinajstić information content (AvgIpc) is 3.53. The smallest absolute Gasteiger partial charge is 0.324 e. The summed E-state index contributed by atoms with van der Waals surface area (Å²) in [5.41, 5.74) is 2.91. The summed E-state index contributed by atoms with van der Waals surface area (Å²) in [5.74, 6) is 3.25. The normalized spacial score (nSPS) is 11.4. The van der Waals surface area contributed by atoms with Crippen LogP contribution >= 0.6 is 11.8 Å². The molecule has 250 valence electrons. The molecule has 12 heteroatoms. The molecule has 49 heavy (non-hydrogen) atoms. The van der Waals surface area contributed by atoms with Gasteiger partial charge in [-0.15, -0.1) is 11.8 Å². The Kier molecular flexibility index (Phi) is 10.1. The van der Waals surface area contributed by atoms with E-state index in [1.807, 2.05) is 60.7 Å². The number of aliphatic hydroxyl groups is 1. The fourth-order valence-corrected chi connectivity index (χ4v) is 5.85. The maximum absolute atomic E-state index is 13.4. The number of ether oxygens (including phenoxy) is 2. The number of hydrogen-bond donors (Lipinski definition) is 3. The zero-order valence-corrected chi connectivity index (χ0v) is 28.5. The van der Waals surface area contributed by atoms with E-state index in [1.54, 1.807) is 54.1 Å². The fraction of sp³-hybridized carbons (Fsp3) is 0.216. The van der Waals surface area contributed by atoms with E-state index < -0.39 is 6.03 Å². The summed E-state index contributed by atoms with van der Waals surface area (Å²) in [7, 11) is 1.56. The third-order valence-electron chi connectivity index (χ3n) is 7.54. The minimum absolute atomic E-state index is 0.130. The van der Waals surface area contributed by atoms with Gasteiger partial charge in [0.2, 0.25) is 11.8 Å². The molecule has 0 saturated heterocycles. The summed E-state index contributed by atoms with van der Waals surface area (Å²) in [6.45, 7) is 6.32. The van der Waals surface area contributed by atoms with E-state index in [1.165, 1.54) is 0 Å². The lowest BCUT2D eigenvalue weighted by molar-refractivity contribution is 0.262. The van der Waals surface area contributed by atoms with Gasteiger partial charge in [0.1, 0.15) is 17.4 Å². The Morgan fingerprint density at radius 2 is 1.76 bits per heavy atom. The number of urea groups is 1. The monoisotopic (exact) mass is 675 g/mol. The number of aromatic nitrogens is 5. The van der Waals surface area contributed by atoms with Crippen LogP contribution in [0.5, 0.6) is 17.5 Å². The molecule has 0 aliphatic rings. The second kappa shape index (κ2) is 14.8. The van der Waals surface area contributed by atoms with E-state index in [0.717, 1.165) is 26.9 Å². The lowest BCUT2D eigenvalue weighted by Gasteiger charge is -2.14. The largest absolute Gasteiger partial charge is 0.481 e. The first kappa shape index (κ1) is 33.4. The van der Waals surface area contributed by atoms with Gasteiger partial charge < -0.3 is 19.9 Å². The predicted octanol–water partition coefficient (Wildman–Crippen LogP) is 7.63. The SMILES string of the molecule is COc1ccc(-n2nc(C(C)(C)C)cc2NC(=O)Nc2ccc(Oc3ccnc(Cc4cccc(SCCO)c4)n3)c3ccccc23)cn1. The number of anilines is 2. The van der Waals surface area contributed by atoms with Gasteiger partial charge >= 0.3 is 6.03 Å². The van der Waals surface area contributed by atoms with Gasteiger partial charge in [0.15, 0.2) is 0 Å². The third-order valence-corrected chi connectivity index (χ3v) is 8.52. The molecule has 11 nitrogen and oxygen atoms in total. The number of carbonyl (C=O) groups is 1. The van der Waals surface area contributed by atoms with Crippen LogP contribution in [-0.4, -0.2) is 55.3 Å². The molecular weight excluding hydrogens is 639 g/mol. The molecule has 0 bridgehead atoms. The number of methoxy groups -OCH3 is 1. The quantitative estimate of drug-likeness (QED) is 0.118. The number of amides is 2. The van der Waals surface area contributed by atoms with Crippen molar-refractivity contribution in [1.82, 2.24) is 24.7 Å². The van der Waals surface area contributed by atoms with E-state index in [-0.39, 0.29) is 12.0 Å². The highest BCUT2D eigenvalue weighted by Gasteiger charge is 2.22. The molecule has 0 unspecified atom stereocenters. The van der Waals surface area contributed by atoms with Crippen molar-refractivity contribution in [2.24, 2.45) is 0 Å². The van der Waals surface area contributed by atoms with Crippen LogP contribution in [0.2, 0.25) is 0 Å². The van der Waals surface area contributed by atoms with Gasteiger partial charge in [-0.1, -0.05) is 57.2 Å². The number of rotatable bonds is 11. The molecule has 3 aromatic carbocycles. The van der Waals surface area contributed by atoms with Crippen molar-refractivity contribution in [3.05, 3.63) is 114 Å². The minimum atomic E-state index is -0.429. The summed E-state index contributed by atoms with van der Waals surface area (Å²) >= 11 is 1.60. The Morgan fingerprint density at radius 3 is 2.51 bits per heavy atom. The van der Waals surface area contributed by atoms with Crippen LogP contribution in [0, 0.1) is 0 Å². The van der Waals surface area contributed by atoms with Crippen LogP contribution in [0.25, 0.3) is 16.5 Å². The molecule has 0 atom stereocenters. The van der Waals surface area contributed by atoms with Gasteiger partial charge in [-0.05, 0) is 35.9 Å². The summed E-state index contributed by atoms with van der Waals surface area (Å²) in [5, 5.41) is 21.5. The topological polar surface area (TPSA) is 136 Å². The number of hydrogen-bond acceptors (Lipinski definition) is 9. The lowest BCUT2D eigenvalue weighted by Crippen LogP contribution is -2.21. The lowest BCUT2D eigenvalue weighted by atomic mass is 9.92. The van der Waals surface area contributed by atoms with E-state index in [0.29, 0.717) is 52.7 Å². The molecule has 3 heterocycles. The Labute approximate surface area is 288 Å². The van der Waals surface area contributed by atoms with E-state index in [2.05, 4.69) is 52.4 Å². The Balaban J connectivity index is 1.20. The third kappa shape index (κ3) is 8.16. The van der Waals surface area contributed by atoms with E-state index in [9.17, 15) is 4.79 Å². The second-order valence-electron chi connectivity index (χ2n) is 12.2. The van der Waals surface area contributed by atoms with Gasteiger partial charge in [0.05, 0.1) is 37.0 Å². The zero-order chi connectivity index (χ0) is 34.4. The Morgan fingerprint density at radius 1 is 0.918 bits per heavy atom. The molecule has 3 N–H and O–H groups in total. The van der Waals surface area contributed by atoms with Gasteiger partial charge in [0.25, 0.3) is 0 Å². The van der Waals surface area contributed by atoms with E-state index >= 15 is 0 Å². The predicted molar refractivity (Wildman–Crippen MR) is 192 cm³/mol. The Hall–Kier alpha value is -5.46. The molecule has 0 radical (unpaired) electrons. The average molecular weight is 676 g/mol. The standard InChI is InChI=1S/C37H37N7O4S/c1-37(2,3)31-22-33(44(43-31)25-12-15-34(47-4)39-23-25)42-36(46)40-29-13-14-30(28-11-6-5-10-27(28)29)48-35-16-17-38-32(41-35)21-24-8-7-9-26(20-24)49-19-18-45/h5-17,20,22-23,45H,18-19,21H2,1-4H3,(H2,40,42,46). The number of thioether (sulfide) groups is 1. The summed E-state index contributed by atoms with van der Waals surface area (Å²) in [4.78, 5) is 27.9. The zero-order valence-electron chi connectivity index (χ0n) is 27.7. The van der Waals surface area contributed by atoms with Crippen molar-refractivity contribution >= 4 is 40.1 Å². The maximum Gasteiger partial charge on any atom is 0.324 e. The summed E-state index contributed by atoms with van der Waals surface area (Å²) in [6, 6.07) is 26.2. The van der Waals surface area contributed by atoms with Crippen LogP contribution in [-0.2, 0) is 11.8 Å². The molecule has 0 spiro atoms. The van der Waals surface area contributed by atoms with Crippen LogP contribution in [0.15, 0.2) is 102 Å². The van der Waals surface area contributed by atoms with Gasteiger partial charge in [-0.25, -0.2) is 19.4 Å². The van der Waals surface area contributed by atoms with Crippen LogP contribution in [0.4, 0.5) is 16.3 Å². The molecule has 0 aliphatic carbocycles. The maximum atomic E-state index is 13.4. The fourth-order valence-electron chi connectivity index (χ4n) is 5.12. The molecule has 2 amide bonds. The van der Waals surface area contributed by atoms with Crippen molar-refractivity contribution < 1.29 is 19.4 Å². The number of pyridine rings is 1. The van der Waals surface area contributed by atoms with Crippen molar-refractivity contribution in [2.45, 2.75) is 37.5 Å². The number of benzene rings is 3. The van der Waals surface area contributed by atoms with Gasteiger partial charge in [-0.2, -0.15) is 10.1 Å². The van der Waals surface area contributed by atoms with Gasteiger partial charge in [-0.3, -0.25) is 5.32 Å². The molecule has 6 aromatic rings. The molecule has 0 aliphatic heterocycles. The summed E-state index contributed by atoms with van der Waals surface area (Å²) in [6.07, 6.45) is 3.86. The summed E-state index contributed by atoms with van der Waals surface area (Å²) < 4.78 is 13.1. The first-order chi connectivity index (χ1) is 23.7. The second-order valence-corrected chi connectivity index (χ2v) is 13.3. The first-order valence-corrected chi connectivity index (χ1v) is 16.7. The van der Waals surface area contributed by atoms with E-state index in [4.69, 9.17) is 19.7 Å². The highest BCUT2D eigenvalue weighted by atomic mass is 32.2. The highest BCUT2D eigenvalue weighted by Crippen LogP contribution is 2.34. The molecule has 6 rings (SSSR count). The van der Waals surface area contributed by atoms with Gasteiger partial charge in [0, 0.05) is 57.7 Å². The molecule has 0 fully saturated rings. The first-order valence-electron chi connectivity index (χ1n) is 15.7. The number of fused-ring (bicyclic) bond motifs is 1. The van der Waals surface area contributed by atoms with Crippen molar-refractivity contribution in [1.29, 1.82) is 0 Å². The molecule has 0 saturated carbocycles. The van der Waals surface area contributed by atoms with Crippen molar-refractivity contribution in [3.8, 4) is 23.2 Å². The number of nitrogens with one attached hydrogen (secondary N) is 2. The highest BCUT2D eigenvalue weighted by molar-refractivity contribution is 7.99. The minimum Gasteiger partial charge on any atom is -0.481 e. The molecule has 3 aromatic heterocycles.